The first-order valence-electron chi connectivity index (χ1n) is 9.67. The molecule has 2 aromatic rings. The van der Waals surface area contributed by atoms with Gasteiger partial charge in [-0.15, -0.1) is 0 Å². The first-order chi connectivity index (χ1) is 13.4. The molecule has 152 valence electrons. The average Bonchev–Trinajstić information content (AvgIpc) is 2.72. The zero-order chi connectivity index (χ0) is 20.1. The fourth-order valence-electron chi connectivity index (χ4n) is 3.64. The molecule has 1 aromatic carbocycles. The van der Waals surface area contributed by atoms with E-state index in [9.17, 15) is 8.42 Å². The highest BCUT2D eigenvalue weighted by atomic mass is 32.2. The Kier molecular flexibility index (Phi) is 6.69. The van der Waals surface area contributed by atoms with Gasteiger partial charge in [0.25, 0.3) is 0 Å². The maximum atomic E-state index is 13.3. The van der Waals surface area contributed by atoms with E-state index in [1.165, 1.54) is 7.11 Å². The molecule has 0 amide bonds. The number of benzene rings is 1. The first-order valence-corrected chi connectivity index (χ1v) is 11.1. The second kappa shape index (κ2) is 9.03. The SMILES string of the molecule is COc1ccc(C)cc1S(=O)(=O)N1CCCC(N(C)CCc2ccccn2)C1. The van der Waals surface area contributed by atoms with Crippen LogP contribution < -0.4 is 4.74 Å². The molecule has 1 unspecified atom stereocenters. The Morgan fingerprint density at radius 1 is 1.29 bits per heavy atom. The normalized spacial score (nSPS) is 18.4. The number of pyridine rings is 1. The van der Waals surface area contributed by atoms with E-state index in [-0.39, 0.29) is 10.9 Å². The number of aryl methyl sites for hydroxylation is 1. The number of hydrogen-bond acceptors (Lipinski definition) is 5. The van der Waals surface area contributed by atoms with Crippen molar-refractivity contribution < 1.29 is 13.2 Å². The van der Waals surface area contributed by atoms with Crippen LogP contribution in [-0.2, 0) is 16.4 Å². The van der Waals surface area contributed by atoms with Crippen LogP contribution in [0.1, 0.15) is 24.1 Å². The average molecular weight is 404 g/mol. The molecule has 1 aliphatic rings. The summed E-state index contributed by atoms with van der Waals surface area (Å²) in [6.45, 7) is 3.79. The number of nitrogens with zero attached hydrogens (tertiary/aromatic N) is 3. The van der Waals surface area contributed by atoms with Crippen molar-refractivity contribution in [1.29, 1.82) is 0 Å². The molecule has 1 aliphatic heterocycles. The fourth-order valence-corrected chi connectivity index (χ4v) is 5.40. The molecule has 1 saturated heterocycles. The van der Waals surface area contributed by atoms with Crippen molar-refractivity contribution in [2.45, 2.75) is 37.1 Å². The predicted molar refractivity (Wildman–Crippen MR) is 110 cm³/mol. The van der Waals surface area contributed by atoms with E-state index in [1.54, 1.807) is 22.6 Å². The molecular weight excluding hydrogens is 374 g/mol. The third-order valence-electron chi connectivity index (χ3n) is 5.37. The van der Waals surface area contributed by atoms with Gasteiger partial charge in [-0.3, -0.25) is 4.98 Å². The third-order valence-corrected chi connectivity index (χ3v) is 7.25. The molecule has 0 aliphatic carbocycles. The summed E-state index contributed by atoms with van der Waals surface area (Å²) in [6.07, 6.45) is 4.51. The molecular formula is C21H29N3O3S. The molecule has 6 nitrogen and oxygen atoms in total. The molecule has 0 spiro atoms. The minimum atomic E-state index is -3.59. The largest absolute Gasteiger partial charge is 0.495 e. The number of hydrogen-bond donors (Lipinski definition) is 0. The summed E-state index contributed by atoms with van der Waals surface area (Å²) in [6, 6.07) is 11.4. The van der Waals surface area contributed by atoms with E-state index in [0.29, 0.717) is 18.8 Å². The smallest absolute Gasteiger partial charge is 0.246 e. The van der Waals surface area contributed by atoms with Gasteiger partial charge in [0, 0.05) is 44.0 Å². The molecule has 1 atom stereocenters. The summed E-state index contributed by atoms with van der Waals surface area (Å²) in [4.78, 5) is 6.88. The van der Waals surface area contributed by atoms with E-state index >= 15 is 0 Å². The van der Waals surface area contributed by atoms with Crippen LogP contribution in [0.2, 0.25) is 0 Å². The zero-order valence-electron chi connectivity index (χ0n) is 16.8. The van der Waals surface area contributed by atoms with E-state index in [4.69, 9.17) is 4.74 Å². The lowest BCUT2D eigenvalue weighted by atomic mass is 10.1. The number of aromatic nitrogens is 1. The number of likely N-dealkylation sites (N-methyl/N-ethyl adjacent to an activating group) is 1. The van der Waals surface area contributed by atoms with Gasteiger partial charge in [-0.2, -0.15) is 4.31 Å². The Labute approximate surface area is 168 Å². The summed E-state index contributed by atoms with van der Waals surface area (Å²) >= 11 is 0. The monoisotopic (exact) mass is 403 g/mol. The predicted octanol–water partition coefficient (Wildman–Crippen LogP) is 2.73. The summed E-state index contributed by atoms with van der Waals surface area (Å²) in [5.41, 5.74) is 1.96. The van der Waals surface area contributed by atoms with Gasteiger partial charge in [-0.05, 0) is 56.6 Å². The van der Waals surface area contributed by atoms with Gasteiger partial charge in [0.1, 0.15) is 10.6 Å². The molecule has 1 aromatic heterocycles. The number of piperidine rings is 1. The van der Waals surface area contributed by atoms with E-state index < -0.39 is 10.0 Å². The standard InChI is InChI=1S/C21H29N3O3S/c1-17-9-10-20(27-3)21(15-17)28(25,26)24-13-6-8-19(16-24)23(2)14-11-18-7-4-5-12-22-18/h4-5,7,9-10,12,15,19H,6,8,11,13-14,16H2,1-3H3. The second-order valence-corrected chi connectivity index (χ2v) is 9.27. The van der Waals surface area contributed by atoms with Crippen molar-refractivity contribution >= 4 is 10.0 Å². The Morgan fingerprint density at radius 2 is 2.11 bits per heavy atom. The van der Waals surface area contributed by atoms with E-state index in [1.807, 2.05) is 31.2 Å². The second-order valence-electron chi connectivity index (χ2n) is 7.37. The van der Waals surface area contributed by atoms with Crippen LogP contribution in [0.3, 0.4) is 0 Å². The molecule has 1 fully saturated rings. The molecule has 0 saturated carbocycles. The maximum absolute atomic E-state index is 13.3. The highest BCUT2D eigenvalue weighted by molar-refractivity contribution is 7.89. The topological polar surface area (TPSA) is 62.7 Å². The number of rotatable bonds is 7. The van der Waals surface area contributed by atoms with Crippen molar-refractivity contribution in [2.24, 2.45) is 0 Å². The van der Waals surface area contributed by atoms with Gasteiger partial charge in [-0.1, -0.05) is 12.1 Å². The first kappa shape index (κ1) is 20.8. The van der Waals surface area contributed by atoms with Gasteiger partial charge in [0.15, 0.2) is 0 Å². The summed E-state index contributed by atoms with van der Waals surface area (Å²) in [7, 11) is -0.0170. The lowest BCUT2D eigenvalue weighted by Gasteiger charge is -2.37. The molecule has 0 bridgehead atoms. The lowest BCUT2D eigenvalue weighted by molar-refractivity contribution is 0.164. The van der Waals surface area contributed by atoms with E-state index in [0.717, 1.165) is 37.1 Å². The fraction of sp³-hybridized carbons (Fsp3) is 0.476. The van der Waals surface area contributed by atoms with Gasteiger partial charge in [-0.25, -0.2) is 8.42 Å². The Bertz CT molecular complexity index is 887. The minimum absolute atomic E-state index is 0.197. The highest BCUT2D eigenvalue weighted by Crippen LogP contribution is 2.30. The third kappa shape index (κ3) is 4.71. The zero-order valence-corrected chi connectivity index (χ0v) is 17.7. The molecule has 0 N–H and O–H groups in total. The summed E-state index contributed by atoms with van der Waals surface area (Å²) in [5.74, 6) is 0.399. The molecule has 2 heterocycles. The van der Waals surface area contributed by atoms with Crippen molar-refractivity contribution in [3.63, 3.8) is 0 Å². The Balaban J connectivity index is 1.71. The van der Waals surface area contributed by atoms with Gasteiger partial charge < -0.3 is 9.64 Å². The molecule has 3 rings (SSSR count). The minimum Gasteiger partial charge on any atom is -0.495 e. The highest BCUT2D eigenvalue weighted by Gasteiger charge is 2.33. The van der Waals surface area contributed by atoms with Gasteiger partial charge in [0.2, 0.25) is 10.0 Å². The molecule has 0 radical (unpaired) electrons. The van der Waals surface area contributed by atoms with Crippen LogP contribution in [0.5, 0.6) is 5.75 Å². The number of sulfonamides is 1. The molecule has 28 heavy (non-hydrogen) atoms. The number of methoxy groups -OCH3 is 1. The van der Waals surface area contributed by atoms with E-state index in [2.05, 4.69) is 16.9 Å². The van der Waals surface area contributed by atoms with Gasteiger partial charge >= 0.3 is 0 Å². The van der Waals surface area contributed by atoms with Gasteiger partial charge in [0.05, 0.1) is 7.11 Å². The van der Waals surface area contributed by atoms with Crippen LogP contribution in [0, 0.1) is 6.92 Å². The van der Waals surface area contributed by atoms with Crippen LogP contribution >= 0.6 is 0 Å². The van der Waals surface area contributed by atoms with Crippen LogP contribution in [0.4, 0.5) is 0 Å². The van der Waals surface area contributed by atoms with Crippen molar-refractivity contribution in [3.8, 4) is 5.75 Å². The quantitative estimate of drug-likeness (QED) is 0.711. The van der Waals surface area contributed by atoms with Crippen molar-refractivity contribution in [1.82, 2.24) is 14.2 Å². The number of ether oxygens (including phenoxy) is 1. The van der Waals surface area contributed by atoms with Crippen molar-refractivity contribution in [3.05, 3.63) is 53.9 Å². The van der Waals surface area contributed by atoms with Crippen LogP contribution in [-0.4, -0.2) is 62.4 Å². The van der Waals surface area contributed by atoms with Crippen molar-refractivity contribution in [2.75, 3.05) is 33.8 Å². The Hall–Kier alpha value is -1.96. The summed E-state index contributed by atoms with van der Waals surface area (Å²) in [5, 5.41) is 0. The molecule has 7 heteroatoms. The Morgan fingerprint density at radius 3 is 2.82 bits per heavy atom. The summed E-state index contributed by atoms with van der Waals surface area (Å²) < 4.78 is 33.5. The maximum Gasteiger partial charge on any atom is 0.246 e. The lowest BCUT2D eigenvalue weighted by Crippen LogP contribution is -2.49. The van der Waals surface area contributed by atoms with Crippen LogP contribution in [0.15, 0.2) is 47.5 Å². The van der Waals surface area contributed by atoms with Crippen LogP contribution in [0.25, 0.3) is 0 Å².